The summed E-state index contributed by atoms with van der Waals surface area (Å²) >= 11 is 0. The van der Waals surface area contributed by atoms with E-state index in [9.17, 15) is 14.0 Å². The summed E-state index contributed by atoms with van der Waals surface area (Å²) in [5, 5.41) is 5.07. The number of guanidine groups is 1. The molecule has 2 aromatic carbocycles. The molecule has 5 nitrogen and oxygen atoms in total. The standard InChI is InChI=1S/C19H18FN3O2/c1-2-12-6-8-13(9-7-12)16-11-17(24)22-19(21-16)23-18(25)14-4-3-5-15(20)10-14/h3-10,16H,2,11H2,1H3,(H2,21,22,23,24,25)/t16-/m0/s1. The Kier molecular flexibility index (Phi) is 4.88. The number of amides is 2. The second kappa shape index (κ2) is 7.25. The molecule has 0 saturated heterocycles. The molecule has 2 N–H and O–H groups in total. The van der Waals surface area contributed by atoms with Crippen LogP contribution >= 0.6 is 0 Å². The van der Waals surface area contributed by atoms with Crippen molar-refractivity contribution < 1.29 is 14.0 Å². The minimum absolute atomic E-state index is 0.0788. The lowest BCUT2D eigenvalue weighted by Gasteiger charge is -2.21. The number of aliphatic imine (C=N–C) groups is 1. The molecule has 0 aliphatic carbocycles. The van der Waals surface area contributed by atoms with E-state index < -0.39 is 11.7 Å². The van der Waals surface area contributed by atoms with Gasteiger partial charge in [0.15, 0.2) is 0 Å². The van der Waals surface area contributed by atoms with Crippen molar-refractivity contribution in [3.05, 3.63) is 71.0 Å². The maximum absolute atomic E-state index is 13.2. The van der Waals surface area contributed by atoms with Crippen molar-refractivity contribution >= 4 is 17.8 Å². The minimum Gasteiger partial charge on any atom is -0.296 e. The van der Waals surface area contributed by atoms with Crippen LogP contribution in [0.4, 0.5) is 4.39 Å². The number of rotatable bonds is 3. The first-order chi connectivity index (χ1) is 12.0. The highest BCUT2D eigenvalue weighted by Crippen LogP contribution is 2.24. The number of nitrogens with zero attached hydrogens (tertiary/aromatic N) is 1. The SMILES string of the molecule is CCc1ccc([C@@H]2CC(=O)NC(NC(=O)c3cccc(F)c3)=N2)cc1. The Balaban J connectivity index is 1.78. The van der Waals surface area contributed by atoms with Gasteiger partial charge in [-0.3, -0.25) is 20.2 Å². The van der Waals surface area contributed by atoms with Crippen LogP contribution in [0.5, 0.6) is 0 Å². The van der Waals surface area contributed by atoms with Crippen molar-refractivity contribution in [2.24, 2.45) is 4.99 Å². The number of halogens is 1. The summed E-state index contributed by atoms with van der Waals surface area (Å²) in [7, 11) is 0. The van der Waals surface area contributed by atoms with Gasteiger partial charge >= 0.3 is 0 Å². The summed E-state index contributed by atoms with van der Waals surface area (Å²) in [6, 6.07) is 12.9. The summed E-state index contributed by atoms with van der Waals surface area (Å²) in [4.78, 5) is 28.5. The third-order valence-corrected chi connectivity index (χ3v) is 4.01. The van der Waals surface area contributed by atoms with Gasteiger partial charge in [0, 0.05) is 5.56 Å². The zero-order valence-corrected chi connectivity index (χ0v) is 13.8. The third-order valence-electron chi connectivity index (χ3n) is 4.01. The molecule has 2 aromatic rings. The van der Waals surface area contributed by atoms with Gasteiger partial charge in [-0.1, -0.05) is 37.3 Å². The maximum atomic E-state index is 13.2. The average Bonchev–Trinajstić information content (AvgIpc) is 2.61. The molecule has 1 atom stereocenters. The van der Waals surface area contributed by atoms with Crippen molar-refractivity contribution in [3.8, 4) is 0 Å². The summed E-state index contributed by atoms with van der Waals surface area (Å²) in [6.07, 6.45) is 1.15. The van der Waals surface area contributed by atoms with Crippen molar-refractivity contribution in [3.63, 3.8) is 0 Å². The average molecular weight is 339 g/mol. The van der Waals surface area contributed by atoms with E-state index in [-0.39, 0.29) is 29.9 Å². The van der Waals surface area contributed by atoms with Gasteiger partial charge in [-0.25, -0.2) is 9.38 Å². The number of hydrogen-bond donors (Lipinski definition) is 2. The molecule has 0 bridgehead atoms. The van der Waals surface area contributed by atoms with Crippen molar-refractivity contribution in [1.29, 1.82) is 0 Å². The van der Waals surface area contributed by atoms with Crippen LogP contribution in [0.3, 0.4) is 0 Å². The van der Waals surface area contributed by atoms with Crippen LogP contribution in [-0.2, 0) is 11.2 Å². The normalized spacial score (nSPS) is 16.8. The molecule has 0 saturated carbocycles. The minimum atomic E-state index is -0.527. The van der Waals surface area contributed by atoms with E-state index in [1.54, 1.807) is 0 Å². The summed E-state index contributed by atoms with van der Waals surface area (Å²) < 4.78 is 13.2. The van der Waals surface area contributed by atoms with Crippen molar-refractivity contribution in [2.75, 3.05) is 0 Å². The van der Waals surface area contributed by atoms with Crippen LogP contribution in [0.1, 0.15) is 40.9 Å². The Morgan fingerprint density at radius 3 is 2.72 bits per heavy atom. The zero-order valence-electron chi connectivity index (χ0n) is 13.8. The molecule has 2 amide bonds. The molecule has 0 radical (unpaired) electrons. The first-order valence-electron chi connectivity index (χ1n) is 8.08. The molecule has 0 fully saturated rings. The fourth-order valence-corrected chi connectivity index (χ4v) is 2.63. The fraction of sp³-hybridized carbons (Fsp3) is 0.211. The van der Waals surface area contributed by atoms with E-state index in [2.05, 4.69) is 22.5 Å². The molecule has 25 heavy (non-hydrogen) atoms. The van der Waals surface area contributed by atoms with Crippen LogP contribution in [-0.4, -0.2) is 17.8 Å². The maximum Gasteiger partial charge on any atom is 0.258 e. The number of carbonyl (C=O) groups is 2. The molecule has 0 aromatic heterocycles. The quantitative estimate of drug-likeness (QED) is 0.903. The van der Waals surface area contributed by atoms with E-state index in [0.29, 0.717) is 0 Å². The molecule has 6 heteroatoms. The first-order valence-corrected chi connectivity index (χ1v) is 8.08. The van der Waals surface area contributed by atoms with Crippen LogP contribution in [0.25, 0.3) is 0 Å². The third kappa shape index (κ3) is 4.09. The molecule has 0 unspecified atom stereocenters. The summed E-state index contributed by atoms with van der Waals surface area (Å²) in [6.45, 7) is 2.07. The summed E-state index contributed by atoms with van der Waals surface area (Å²) in [5.74, 6) is -1.18. The number of carbonyl (C=O) groups excluding carboxylic acids is 2. The van der Waals surface area contributed by atoms with E-state index in [1.165, 1.54) is 23.8 Å². The highest BCUT2D eigenvalue weighted by atomic mass is 19.1. The molecular weight excluding hydrogens is 321 g/mol. The number of benzene rings is 2. The van der Waals surface area contributed by atoms with E-state index in [4.69, 9.17) is 0 Å². The van der Waals surface area contributed by atoms with E-state index in [1.807, 2.05) is 24.3 Å². The topological polar surface area (TPSA) is 70.6 Å². The molecule has 3 rings (SSSR count). The number of aryl methyl sites for hydroxylation is 1. The number of nitrogens with one attached hydrogen (secondary N) is 2. The van der Waals surface area contributed by atoms with Gasteiger partial charge < -0.3 is 0 Å². The smallest absolute Gasteiger partial charge is 0.258 e. The lowest BCUT2D eigenvalue weighted by atomic mass is 10.0. The van der Waals surface area contributed by atoms with Gasteiger partial charge in [-0.15, -0.1) is 0 Å². The van der Waals surface area contributed by atoms with Crippen molar-refractivity contribution in [1.82, 2.24) is 10.6 Å². The van der Waals surface area contributed by atoms with Gasteiger partial charge in [0.25, 0.3) is 5.91 Å². The lowest BCUT2D eigenvalue weighted by molar-refractivity contribution is -0.120. The Morgan fingerprint density at radius 1 is 1.28 bits per heavy atom. The molecule has 1 heterocycles. The van der Waals surface area contributed by atoms with Crippen LogP contribution < -0.4 is 10.6 Å². The van der Waals surface area contributed by atoms with Crippen LogP contribution in [0, 0.1) is 5.82 Å². The van der Waals surface area contributed by atoms with Gasteiger partial charge in [0.1, 0.15) is 5.82 Å². The largest absolute Gasteiger partial charge is 0.296 e. The van der Waals surface area contributed by atoms with Gasteiger partial charge in [-0.2, -0.15) is 0 Å². The molecule has 1 aliphatic heterocycles. The highest BCUT2D eigenvalue weighted by Gasteiger charge is 2.23. The zero-order chi connectivity index (χ0) is 17.8. The molecule has 0 spiro atoms. The van der Waals surface area contributed by atoms with Gasteiger partial charge in [0.05, 0.1) is 12.5 Å². The molecular formula is C19H18FN3O2. The highest BCUT2D eigenvalue weighted by molar-refractivity contribution is 6.10. The number of hydrogen-bond acceptors (Lipinski definition) is 3. The Bertz CT molecular complexity index is 831. The monoisotopic (exact) mass is 339 g/mol. The first kappa shape index (κ1) is 16.8. The van der Waals surface area contributed by atoms with E-state index in [0.717, 1.165) is 18.1 Å². The second-order valence-corrected chi connectivity index (χ2v) is 5.81. The van der Waals surface area contributed by atoms with E-state index >= 15 is 0 Å². The lowest BCUT2D eigenvalue weighted by Crippen LogP contribution is -2.47. The molecule has 1 aliphatic rings. The summed E-state index contributed by atoms with van der Waals surface area (Å²) in [5.41, 5.74) is 2.27. The predicted octanol–water partition coefficient (Wildman–Crippen LogP) is 2.74. The Hall–Kier alpha value is -3.02. The fourth-order valence-electron chi connectivity index (χ4n) is 2.63. The van der Waals surface area contributed by atoms with Gasteiger partial charge in [-0.05, 0) is 35.7 Å². The molecule has 128 valence electrons. The van der Waals surface area contributed by atoms with Crippen LogP contribution in [0.15, 0.2) is 53.5 Å². The van der Waals surface area contributed by atoms with Crippen molar-refractivity contribution in [2.45, 2.75) is 25.8 Å². The van der Waals surface area contributed by atoms with Gasteiger partial charge in [0.2, 0.25) is 11.9 Å². The Labute approximate surface area is 145 Å². The van der Waals surface area contributed by atoms with Crippen LogP contribution in [0.2, 0.25) is 0 Å². The Morgan fingerprint density at radius 2 is 2.04 bits per heavy atom. The predicted molar refractivity (Wildman–Crippen MR) is 92.6 cm³/mol. The second-order valence-electron chi connectivity index (χ2n) is 5.81.